The Labute approximate surface area is 194 Å². The van der Waals surface area contributed by atoms with Gasteiger partial charge in [-0.05, 0) is 50.6 Å². The highest BCUT2D eigenvalue weighted by atomic mass is 19.1. The smallest absolute Gasteiger partial charge is 0.260 e. The summed E-state index contributed by atoms with van der Waals surface area (Å²) in [7, 11) is 2.94. The molecule has 1 aliphatic rings. The summed E-state index contributed by atoms with van der Waals surface area (Å²) in [5, 5.41) is 0. The second-order valence-corrected chi connectivity index (χ2v) is 8.35. The Kier molecular flexibility index (Phi) is 7.92. The summed E-state index contributed by atoms with van der Waals surface area (Å²) in [4.78, 5) is 28.9. The Morgan fingerprint density at radius 1 is 1.00 bits per heavy atom. The predicted octanol–water partition coefficient (Wildman–Crippen LogP) is 3.55. The quantitative estimate of drug-likeness (QED) is 0.564. The third-order valence-electron chi connectivity index (χ3n) is 5.94. The first-order chi connectivity index (χ1) is 15.7. The lowest BCUT2D eigenvalue weighted by atomic mass is 10.1. The van der Waals surface area contributed by atoms with Gasteiger partial charge < -0.3 is 19.1 Å². The number of amides is 1. The van der Waals surface area contributed by atoms with Crippen molar-refractivity contribution in [2.24, 2.45) is 0 Å². The molecule has 0 aromatic heterocycles. The highest BCUT2D eigenvalue weighted by molar-refractivity contribution is 5.95. The number of piperazine rings is 1. The normalized spacial score (nSPS) is 18.7. The van der Waals surface area contributed by atoms with Crippen molar-refractivity contribution in [3.63, 3.8) is 0 Å². The minimum absolute atomic E-state index is 0.0124. The molecule has 1 fully saturated rings. The van der Waals surface area contributed by atoms with Crippen molar-refractivity contribution < 1.29 is 28.2 Å². The van der Waals surface area contributed by atoms with Gasteiger partial charge in [0.15, 0.2) is 23.9 Å². The Morgan fingerprint density at radius 2 is 1.61 bits per heavy atom. The number of carbonyl (C=O) groups is 2. The summed E-state index contributed by atoms with van der Waals surface area (Å²) in [5.41, 5.74) is 1.47. The second kappa shape index (κ2) is 10.7. The third kappa shape index (κ3) is 5.82. The van der Waals surface area contributed by atoms with E-state index in [1.807, 2.05) is 11.8 Å². The van der Waals surface area contributed by atoms with Crippen LogP contribution in [-0.2, 0) is 11.3 Å². The highest BCUT2D eigenvalue weighted by Gasteiger charge is 2.32. The number of ether oxygens (including phenoxy) is 3. The summed E-state index contributed by atoms with van der Waals surface area (Å²) >= 11 is 0. The molecule has 2 aromatic carbocycles. The van der Waals surface area contributed by atoms with Crippen molar-refractivity contribution in [3.05, 3.63) is 53.3 Å². The van der Waals surface area contributed by atoms with E-state index in [1.54, 1.807) is 24.3 Å². The van der Waals surface area contributed by atoms with Crippen LogP contribution in [0.3, 0.4) is 0 Å². The first-order valence-electron chi connectivity index (χ1n) is 10.9. The Balaban J connectivity index is 1.65. The zero-order valence-electron chi connectivity index (χ0n) is 19.8. The number of carbonyl (C=O) groups excluding carboxylic acids is 2. The topological polar surface area (TPSA) is 68.3 Å². The van der Waals surface area contributed by atoms with Gasteiger partial charge >= 0.3 is 0 Å². The molecule has 7 nitrogen and oxygen atoms in total. The van der Waals surface area contributed by atoms with Crippen molar-refractivity contribution in [3.8, 4) is 17.2 Å². The molecule has 178 valence electrons. The van der Waals surface area contributed by atoms with Crippen LogP contribution >= 0.6 is 0 Å². The SMILES string of the molecule is COc1cc(C(C)=O)cc(OC)c1OCC(=O)N1CC(C)N(Cc2ccc(F)cc2)CC1C. The lowest BCUT2D eigenvalue weighted by Crippen LogP contribution is -2.58. The lowest BCUT2D eigenvalue weighted by molar-refractivity contribution is -0.139. The summed E-state index contributed by atoms with van der Waals surface area (Å²) < 4.78 is 29.7. The van der Waals surface area contributed by atoms with E-state index in [2.05, 4.69) is 11.8 Å². The lowest BCUT2D eigenvalue weighted by Gasteiger charge is -2.44. The van der Waals surface area contributed by atoms with Crippen molar-refractivity contribution in [2.45, 2.75) is 39.4 Å². The fraction of sp³-hybridized carbons (Fsp3) is 0.440. The third-order valence-corrected chi connectivity index (χ3v) is 5.94. The van der Waals surface area contributed by atoms with Crippen LogP contribution in [0.4, 0.5) is 4.39 Å². The number of halogens is 1. The molecule has 33 heavy (non-hydrogen) atoms. The zero-order valence-corrected chi connectivity index (χ0v) is 19.8. The van der Waals surface area contributed by atoms with Gasteiger partial charge in [-0.25, -0.2) is 4.39 Å². The number of rotatable bonds is 8. The molecule has 0 N–H and O–H groups in total. The molecule has 0 bridgehead atoms. The number of methoxy groups -OCH3 is 2. The molecular weight excluding hydrogens is 427 g/mol. The summed E-state index contributed by atoms with van der Waals surface area (Å²) in [6.07, 6.45) is 0. The van der Waals surface area contributed by atoms with E-state index in [9.17, 15) is 14.0 Å². The Bertz CT molecular complexity index is 970. The highest BCUT2D eigenvalue weighted by Crippen LogP contribution is 2.38. The summed E-state index contributed by atoms with van der Waals surface area (Å²) in [5.74, 6) is 0.427. The molecule has 3 rings (SSSR count). The van der Waals surface area contributed by atoms with Crippen LogP contribution < -0.4 is 14.2 Å². The second-order valence-electron chi connectivity index (χ2n) is 8.35. The molecule has 0 spiro atoms. The van der Waals surface area contributed by atoms with Gasteiger partial charge in [0.1, 0.15) is 5.82 Å². The largest absolute Gasteiger partial charge is 0.493 e. The molecule has 1 amide bonds. The van der Waals surface area contributed by atoms with Crippen LogP contribution in [0, 0.1) is 5.82 Å². The van der Waals surface area contributed by atoms with Gasteiger partial charge in [-0.3, -0.25) is 14.5 Å². The van der Waals surface area contributed by atoms with Crippen molar-refractivity contribution in [1.29, 1.82) is 0 Å². The monoisotopic (exact) mass is 458 g/mol. The van der Waals surface area contributed by atoms with E-state index in [0.717, 1.165) is 5.56 Å². The van der Waals surface area contributed by atoms with Gasteiger partial charge in [0, 0.05) is 37.3 Å². The Morgan fingerprint density at radius 3 is 2.15 bits per heavy atom. The van der Waals surface area contributed by atoms with Gasteiger partial charge in [-0.2, -0.15) is 0 Å². The fourth-order valence-corrected chi connectivity index (χ4v) is 4.03. The molecule has 8 heteroatoms. The number of benzene rings is 2. The summed E-state index contributed by atoms with van der Waals surface area (Å²) in [6, 6.07) is 9.77. The van der Waals surface area contributed by atoms with Crippen LogP contribution in [0.2, 0.25) is 0 Å². The van der Waals surface area contributed by atoms with Gasteiger partial charge in [-0.15, -0.1) is 0 Å². The first-order valence-corrected chi connectivity index (χ1v) is 10.9. The Hall–Kier alpha value is -3.13. The molecular formula is C25H31FN2O5. The molecule has 0 radical (unpaired) electrons. The molecule has 1 saturated heterocycles. The maximum Gasteiger partial charge on any atom is 0.260 e. The number of hydrogen-bond acceptors (Lipinski definition) is 6. The molecule has 0 saturated carbocycles. The van der Waals surface area contributed by atoms with Crippen LogP contribution in [0.5, 0.6) is 17.2 Å². The fourth-order valence-electron chi connectivity index (χ4n) is 4.03. The van der Waals surface area contributed by atoms with Crippen LogP contribution in [0.25, 0.3) is 0 Å². The van der Waals surface area contributed by atoms with Crippen molar-refractivity contribution in [1.82, 2.24) is 9.80 Å². The predicted molar refractivity (Wildman–Crippen MR) is 122 cm³/mol. The first kappa shape index (κ1) is 24.5. The maximum atomic E-state index is 13.2. The van der Waals surface area contributed by atoms with Crippen molar-refractivity contribution in [2.75, 3.05) is 33.9 Å². The van der Waals surface area contributed by atoms with E-state index < -0.39 is 0 Å². The number of ketones is 1. The van der Waals surface area contributed by atoms with Crippen LogP contribution in [0.1, 0.15) is 36.7 Å². The van der Waals surface area contributed by atoms with E-state index in [4.69, 9.17) is 14.2 Å². The molecule has 0 aliphatic carbocycles. The average Bonchev–Trinajstić information content (AvgIpc) is 2.80. The van der Waals surface area contributed by atoms with Gasteiger partial charge in [-0.1, -0.05) is 12.1 Å². The van der Waals surface area contributed by atoms with Gasteiger partial charge in [0.2, 0.25) is 5.75 Å². The van der Waals surface area contributed by atoms with E-state index in [1.165, 1.54) is 33.3 Å². The average molecular weight is 459 g/mol. The van der Waals surface area contributed by atoms with Crippen LogP contribution in [-0.4, -0.2) is 67.5 Å². The van der Waals surface area contributed by atoms with E-state index in [-0.39, 0.29) is 41.9 Å². The van der Waals surface area contributed by atoms with Crippen molar-refractivity contribution >= 4 is 11.7 Å². The van der Waals surface area contributed by atoms with Crippen LogP contribution in [0.15, 0.2) is 36.4 Å². The summed E-state index contributed by atoms with van der Waals surface area (Å²) in [6.45, 7) is 7.30. The van der Waals surface area contributed by atoms with E-state index in [0.29, 0.717) is 36.7 Å². The van der Waals surface area contributed by atoms with Gasteiger partial charge in [0.05, 0.1) is 14.2 Å². The minimum Gasteiger partial charge on any atom is -0.493 e. The molecule has 2 atom stereocenters. The molecule has 1 heterocycles. The molecule has 2 aromatic rings. The number of nitrogens with zero attached hydrogens (tertiary/aromatic N) is 2. The van der Waals surface area contributed by atoms with E-state index >= 15 is 0 Å². The molecule has 2 unspecified atom stereocenters. The van der Waals surface area contributed by atoms with Gasteiger partial charge in [0.25, 0.3) is 5.91 Å². The standard InChI is InChI=1S/C25H31FN2O5/c1-16-13-28(17(2)12-27(16)14-19-6-8-21(26)9-7-19)24(30)15-33-25-22(31-4)10-20(18(3)29)11-23(25)32-5/h6-11,16-17H,12-15H2,1-5H3. The minimum atomic E-state index is -0.250. The molecule has 1 aliphatic heterocycles. The maximum absolute atomic E-state index is 13.2. The zero-order chi connectivity index (χ0) is 24.1. The number of Topliss-reactive ketones (excluding diaryl/α,β-unsaturated/α-hetero) is 1. The number of hydrogen-bond donors (Lipinski definition) is 0.